The third-order valence-electron chi connectivity index (χ3n) is 4.48. The molecule has 0 fully saturated rings. The van der Waals surface area contributed by atoms with Crippen LogP contribution in [0, 0.1) is 10.1 Å². The van der Waals surface area contributed by atoms with Gasteiger partial charge in [-0.15, -0.1) is 0 Å². The topological polar surface area (TPSA) is 151 Å². The standard InChI is InChI=1S/C21H26N3O7P/c1-3-30-32(29,31-4-2)14-16-5-9-17(10-6-16)21(26)23-19(20(22)25)13-15-7-11-18(12-8-15)24(27)28/h5-12,19H,3-4,13-14H2,1-2H3,(H2,22,25)(H,23,26)/t19-/m1/s1. The van der Waals surface area contributed by atoms with E-state index in [4.69, 9.17) is 14.8 Å². The number of hydrogen-bond acceptors (Lipinski definition) is 7. The van der Waals surface area contributed by atoms with E-state index < -0.39 is 30.4 Å². The lowest BCUT2D eigenvalue weighted by Crippen LogP contribution is -2.45. The van der Waals surface area contributed by atoms with E-state index in [1.54, 1.807) is 26.0 Å². The number of rotatable bonds is 12. The summed E-state index contributed by atoms with van der Waals surface area (Å²) in [5.41, 5.74) is 6.90. The summed E-state index contributed by atoms with van der Waals surface area (Å²) in [5.74, 6) is -1.25. The van der Waals surface area contributed by atoms with Crippen molar-refractivity contribution in [3.63, 3.8) is 0 Å². The van der Waals surface area contributed by atoms with Crippen LogP contribution in [0.15, 0.2) is 48.5 Å². The van der Waals surface area contributed by atoms with Gasteiger partial charge in [-0.05, 0) is 37.1 Å². The molecular weight excluding hydrogens is 437 g/mol. The van der Waals surface area contributed by atoms with Gasteiger partial charge in [0.15, 0.2) is 0 Å². The van der Waals surface area contributed by atoms with E-state index in [1.807, 2.05) is 0 Å². The van der Waals surface area contributed by atoms with Crippen molar-refractivity contribution in [3.8, 4) is 0 Å². The van der Waals surface area contributed by atoms with Crippen molar-refractivity contribution in [2.75, 3.05) is 13.2 Å². The zero-order valence-electron chi connectivity index (χ0n) is 17.9. The monoisotopic (exact) mass is 463 g/mol. The van der Waals surface area contributed by atoms with Gasteiger partial charge in [-0.2, -0.15) is 0 Å². The van der Waals surface area contributed by atoms with Crippen LogP contribution in [0.3, 0.4) is 0 Å². The van der Waals surface area contributed by atoms with Gasteiger partial charge in [-0.25, -0.2) is 0 Å². The van der Waals surface area contributed by atoms with Crippen LogP contribution in [-0.4, -0.2) is 36.0 Å². The molecule has 0 saturated carbocycles. The summed E-state index contributed by atoms with van der Waals surface area (Å²) in [7, 11) is -3.27. The minimum absolute atomic E-state index is 0.0701. The molecule has 0 unspecified atom stereocenters. The summed E-state index contributed by atoms with van der Waals surface area (Å²) in [6.45, 7) is 3.96. The van der Waals surface area contributed by atoms with Crippen molar-refractivity contribution in [3.05, 3.63) is 75.3 Å². The first kappa shape index (κ1) is 25.2. The van der Waals surface area contributed by atoms with E-state index in [1.165, 1.54) is 36.4 Å². The highest BCUT2D eigenvalue weighted by Gasteiger charge is 2.24. The normalized spacial score (nSPS) is 12.2. The Morgan fingerprint density at radius 1 is 1.03 bits per heavy atom. The molecule has 1 atom stereocenters. The largest absolute Gasteiger partial charge is 0.368 e. The molecule has 0 aliphatic rings. The minimum atomic E-state index is -3.27. The van der Waals surface area contributed by atoms with E-state index in [9.17, 15) is 24.3 Å². The number of nitrogens with one attached hydrogen (secondary N) is 1. The Bertz CT molecular complexity index is 983. The van der Waals surface area contributed by atoms with Gasteiger partial charge < -0.3 is 20.1 Å². The quantitative estimate of drug-likeness (QED) is 0.279. The van der Waals surface area contributed by atoms with E-state index in [-0.39, 0.29) is 37.0 Å². The number of primary amides is 1. The van der Waals surface area contributed by atoms with E-state index >= 15 is 0 Å². The third kappa shape index (κ3) is 7.26. The predicted octanol–water partition coefficient (Wildman–Crippen LogP) is 3.19. The molecule has 2 aromatic carbocycles. The summed E-state index contributed by atoms with van der Waals surface area (Å²) < 4.78 is 23.2. The fraction of sp³-hybridized carbons (Fsp3) is 0.333. The average Bonchev–Trinajstić information content (AvgIpc) is 2.74. The first-order chi connectivity index (χ1) is 15.2. The summed E-state index contributed by atoms with van der Waals surface area (Å²) in [5, 5.41) is 13.3. The second-order valence-corrected chi connectivity index (χ2v) is 8.91. The molecule has 0 aliphatic heterocycles. The Balaban J connectivity index is 2.06. The van der Waals surface area contributed by atoms with Crippen molar-refractivity contribution < 1.29 is 28.1 Å². The maximum absolute atomic E-state index is 12.6. The molecule has 2 amide bonds. The molecule has 0 aromatic heterocycles. The number of amides is 2. The highest BCUT2D eigenvalue weighted by Crippen LogP contribution is 2.51. The number of nitro benzene ring substituents is 1. The summed E-state index contributed by atoms with van der Waals surface area (Å²) >= 11 is 0. The molecule has 2 rings (SSSR count). The van der Waals surface area contributed by atoms with Crippen LogP contribution >= 0.6 is 7.60 Å². The molecule has 10 nitrogen and oxygen atoms in total. The molecular formula is C21H26N3O7P. The number of benzene rings is 2. The Morgan fingerprint density at radius 2 is 1.56 bits per heavy atom. The van der Waals surface area contributed by atoms with Crippen molar-refractivity contribution in [2.24, 2.45) is 5.73 Å². The molecule has 0 spiro atoms. The molecule has 32 heavy (non-hydrogen) atoms. The maximum atomic E-state index is 12.6. The van der Waals surface area contributed by atoms with E-state index in [0.29, 0.717) is 11.1 Å². The minimum Gasteiger partial charge on any atom is -0.368 e. The highest BCUT2D eigenvalue weighted by molar-refractivity contribution is 7.53. The van der Waals surface area contributed by atoms with Gasteiger partial charge in [0.1, 0.15) is 6.04 Å². The molecule has 2 aromatic rings. The lowest BCUT2D eigenvalue weighted by molar-refractivity contribution is -0.384. The molecule has 3 N–H and O–H groups in total. The van der Waals surface area contributed by atoms with Crippen LogP contribution in [-0.2, 0) is 31.0 Å². The summed E-state index contributed by atoms with van der Waals surface area (Å²) in [6, 6.07) is 11.0. The van der Waals surface area contributed by atoms with Gasteiger partial charge in [-0.3, -0.25) is 24.3 Å². The SMILES string of the molecule is CCOP(=O)(Cc1ccc(C(=O)N[C@H](Cc2ccc([N+](=O)[O-])cc2)C(N)=O)cc1)OCC. The van der Waals surface area contributed by atoms with Gasteiger partial charge in [0.05, 0.1) is 24.3 Å². The fourth-order valence-electron chi connectivity index (χ4n) is 2.96. The molecule has 0 saturated heterocycles. The molecule has 11 heteroatoms. The molecule has 0 radical (unpaired) electrons. The first-order valence-corrected chi connectivity index (χ1v) is 11.7. The van der Waals surface area contributed by atoms with Crippen molar-refractivity contribution >= 4 is 25.1 Å². The third-order valence-corrected chi connectivity index (χ3v) is 6.54. The summed E-state index contributed by atoms with van der Waals surface area (Å²) in [4.78, 5) is 34.6. The fourth-order valence-corrected chi connectivity index (χ4v) is 4.66. The Labute approximate surface area is 185 Å². The number of non-ortho nitro benzene ring substituents is 1. The van der Waals surface area contributed by atoms with Crippen LogP contribution in [0.1, 0.15) is 35.3 Å². The van der Waals surface area contributed by atoms with Gasteiger partial charge in [0, 0.05) is 24.1 Å². The predicted molar refractivity (Wildman–Crippen MR) is 118 cm³/mol. The summed E-state index contributed by atoms with van der Waals surface area (Å²) in [6.07, 6.45) is 0.156. The smallest absolute Gasteiger partial charge is 0.335 e. The second-order valence-electron chi connectivity index (χ2n) is 6.86. The molecule has 172 valence electrons. The molecule has 0 bridgehead atoms. The molecule has 0 aliphatic carbocycles. The van der Waals surface area contributed by atoms with Crippen LogP contribution in [0.2, 0.25) is 0 Å². The van der Waals surface area contributed by atoms with Crippen LogP contribution in [0.4, 0.5) is 5.69 Å². The number of hydrogen-bond donors (Lipinski definition) is 2. The van der Waals surface area contributed by atoms with Crippen molar-refractivity contribution in [1.82, 2.24) is 5.32 Å². The Kier molecular flexibility index (Phi) is 9.07. The van der Waals surface area contributed by atoms with Crippen LogP contribution < -0.4 is 11.1 Å². The lowest BCUT2D eigenvalue weighted by atomic mass is 10.0. The number of carbonyl (C=O) groups excluding carboxylic acids is 2. The van der Waals surface area contributed by atoms with Gasteiger partial charge in [0.25, 0.3) is 11.6 Å². The zero-order valence-corrected chi connectivity index (χ0v) is 18.7. The molecule has 0 heterocycles. The maximum Gasteiger partial charge on any atom is 0.335 e. The van der Waals surface area contributed by atoms with Crippen molar-refractivity contribution in [2.45, 2.75) is 32.5 Å². The van der Waals surface area contributed by atoms with Crippen molar-refractivity contribution in [1.29, 1.82) is 0 Å². The number of nitro groups is 1. The Morgan fingerprint density at radius 3 is 2.03 bits per heavy atom. The lowest BCUT2D eigenvalue weighted by Gasteiger charge is -2.17. The Hall–Kier alpha value is -3.07. The second kappa shape index (κ2) is 11.5. The van der Waals surface area contributed by atoms with Gasteiger partial charge in [0.2, 0.25) is 5.91 Å². The van der Waals surface area contributed by atoms with Crippen LogP contribution in [0.25, 0.3) is 0 Å². The van der Waals surface area contributed by atoms with E-state index in [0.717, 1.165) is 0 Å². The highest BCUT2D eigenvalue weighted by atomic mass is 31.2. The first-order valence-electron chi connectivity index (χ1n) is 9.98. The number of nitrogens with two attached hydrogens (primary N) is 1. The average molecular weight is 463 g/mol. The number of nitrogens with zero attached hydrogens (tertiary/aromatic N) is 1. The number of carbonyl (C=O) groups is 2. The van der Waals surface area contributed by atoms with E-state index in [2.05, 4.69) is 5.32 Å². The van der Waals surface area contributed by atoms with Gasteiger partial charge in [-0.1, -0.05) is 24.3 Å². The van der Waals surface area contributed by atoms with Crippen LogP contribution in [0.5, 0.6) is 0 Å². The van der Waals surface area contributed by atoms with Gasteiger partial charge >= 0.3 is 7.60 Å². The zero-order chi connectivity index (χ0) is 23.7.